The second-order valence-corrected chi connectivity index (χ2v) is 6.03. The maximum Gasteiger partial charge on any atom is 0.223 e. The Bertz CT molecular complexity index is 561. The van der Waals surface area contributed by atoms with Gasteiger partial charge in [-0.25, -0.2) is 0 Å². The molecule has 0 atom stereocenters. The summed E-state index contributed by atoms with van der Waals surface area (Å²) in [4.78, 5) is 13.8. The number of benzene rings is 1. The van der Waals surface area contributed by atoms with Gasteiger partial charge in [0.25, 0.3) is 0 Å². The van der Waals surface area contributed by atoms with Crippen molar-refractivity contribution in [2.45, 2.75) is 37.6 Å². The van der Waals surface area contributed by atoms with E-state index in [0.717, 1.165) is 24.8 Å². The zero-order chi connectivity index (χ0) is 14.8. The monoisotopic (exact) mass is 310 g/mol. The van der Waals surface area contributed by atoms with Crippen molar-refractivity contribution in [3.8, 4) is 6.07 Å². The molecule has 0 aliphatic heterocycles. The Hall–Kier alpha value is -1.24. The van der Waals surface area contributed by atoms with Gasteiger partial charge in [-0.3, -0.25) is 4.79 Å². The summed E-state index contributed by atoms with van der Waals surface area (Å²) in [6, 6.07) is 7.55. The van der Waals surface area contributed by atoms with Crippen molar-refractivity contribution in [1.82, 2.24) is 4.90 Å². The van der Waals surface area contributed by atoms with Gasteiger partial charge < -0.3 is 4.90 Å². The average molecular weight is 311 g/mol. The molecule has 1 amide bonds. The largest absolute Gasteiger partial charge is 0.327 e. The van der Waals surface area contributed by atoms with E-state index >= 15 is 0 Å². The number of carbonyl (C=O) groups excluding carboxylic acids is 1. The standard InChI is InChI=1S/C15H16Cl2N2O/c1-19(15(10-18)7-2-8-15)14(20)6-4-11-3-5-12(16)9-13(11)17/h3,5,9H,2,4,6-8H2,1H3. The van der Waals surface area contributed by atoms with Crippen LogP contribution >= 0.6 is 23.2 Å². The first kappa shape index (κ1) is 15.2. The molecule has 0 radical (unpaired) electrons. The molecule has 20 heavy (non-hydrogen) atoms. The molecule has 0 N–H and O–H groups in total. The van der Waals surface area contributed by atoms with Gasteiger partial charge in [0.15, 0.2) is 0 Å². The van der Waals surface area contributed by atoms with Gasteiger partial charge in [0, 0.05) is 23.5 Å². The first-order valence-electron chi connectivity index (χ1n) is 6.60. The third-order valence-corrected chi connectivity index (χ3v) is 4.62. The lowest BCUT2D eigenvalue weighted by atomic mass is 9.76. The molecule has 5 heteroatoms. The van der Waals surface area contributed by atoms with Crippen molar-refractivity contribution >= 4 is 29.1 Å². The smallest absolute Gasteiger partial charge is 0.223 e. The fourth-order valence-corrected chi connectivity index (χ4v) is 2.91. The molecular weight excluding hydrogens is 295 g/mol. The first-order chi connectivity index (χ1) is 9.48. The minimum atomic E-state index is -0.582. The zero-order valence-corrected chi connectivity index (χ0v) is 12.8. The number of rotatable bonds is 4. The Labute approximate surface area is 129 Å². The summed E-state index contributed by atoms with van der Waals surface area (Å²) in [5, 5.41) is 10.4. The summed E-state index contributed by atoms with van der Waals surface area (Å²) in [5.41, 5.74) is 0.318. The fraction of sp³-hybridized carbons (Fsp3) is 0.467. The van der Waals surface area contributed by atoms with E-state index in [9.17, 15) is 10.1 Å². The highest BCUT2D eigenvalue weighted by Gasteiger charge is 2.43. The maximum atomic E-state index is 12.2. The number of amides is 1. The van der Waals surface area contributed by atoms with E-state index in [4.69, 9.17) is 23.2 Å². The molecule has 0 heterocycles. The normalized spacial score (nSPS) is 16.1. The number of aryl methyl sites for hydroxylation is 1. The molecule has 1 aromatic carbocycles. The van der Waals surface area contributed by atoms with Gasteiger partial charge in [-0.15, -0.1) is 0 Å². The molecule has 1 fully saturated rings. The summed E-state index contributed by atoms with van der Waals surface area (Å²) >= 11 is 11.9. The van der Waals surface area contributed by atoms with Crippen LogP contribution in [0.2, 0.25) is 10.0 Å². The lowest BCUT2D eigenvalue weighted by Crippen LogP contribution is -2.53. The predicted octanol–water partition coefficient (Wildman–Crippen LogP) is 3.83. The lowest BCUT2D eigenvalue weighted by Gasteiger charge is -2.43. The third kappa shape index (κ3) is 2.92. The zero-order valence-electron chi connectivity index (χ0n) is 11.3. The van der Waals surface area contributed by atoms with Crippen LogP contribution in [0.1, 0.15) is 31.2 Å². The number of nitriles is 1. The Kier molecular flexibility index (Phi) is 4.57. The number of carbonyl (C=O) groups is 1. The van der Waals surface area contributed by atoms with Crippen molar-refractivity contribution in [3.63, 3.8) is 0 Å². The molecule has 106 valence electrons. The van der Waals surface area contributed by atoms with Gasteiger partial charge in [0.05, 0.1) is 6.07 Å². The van der Waals surface area contributed by atoms with Gasteiger partial charge in [-0.1, -0.05) is 29.3 Å². The number of hydrogen-bond acceptors (Lipinski definition) is 2. The molecule has 0 spiro atoms. The second kappa shape index (κ2) is 6.03. The molecule has 1 aromatic rings. The Morgan fingerprint density at radius 2 is 2.15 bits per heavy atom. The molecule has 0 aromatic heterocycles. The summed E-state index contributed by atoms with van der Waals surface area (Å²) in [6.45, 7) is 0. The lowest BCUT2D eigenvalue weighted by molar-refractivity contribution is -0.136. The number of halogens is 2. The van der Waals surface area contributed by atoms with Crippen LogP contribution in [0.3, 0.4) is 0 Å². The Morgan fingerprint density at radius 3 is 2.65 bits per heavy atom. The van der Waals surface area contributed by atoms with E-state index in [0.29, 0.717) is 22.9 Å². The minimum absolute atomic E-state index is 0.0164. The van der Waals surface area contributed by atoms with Crippen molar-refractivity contribution in [2.75, 3.05) is 7.05 Å². The fourth-order valence-electron chi connectivity index (χ4n) is 2.41. The number of hydrogen-bond donors (Lipinski definition) is 0. The SMILES string of the molecule is CN(C(=O)CCc1ccc(Cl)cc1Cl)C1(C#N)CCC1. The van der Waals surface area contributed by atoms with Crippen LogP contribution < -0.4 is 0 Å². The van der Waals surface area contributed by atoms with Gasteiger partial charge in [-0.2, -0.15) is 5.26 Å². The molecule has 2 rings (SSSR count). The van der Waals surface area contributed by atoms with Crippen LogP contribution in [-0.2, 0) is 11.2 Å². The molecule has 1 aliphatic carbocycles. The van der Waals surface area contributed by atoms with E-state index in [1.54, 1.807) is 24.1 Å². The second-order valence-electron chi connectivity index (χ2n) is 5.19. The highest BCUT2D eigenvalue weighted by atomic mass is 35.5. The molecule has 0 saturated heterocycles. The van der Waals surface area contributed by atoms with Crippen LogP contribution in [0.25, 0.3) is 0 Å². The van der Waals surface area contributed by atoms with Gasteiger partial charge in [0.1, 0.15) is 5.54 Å². The quantitative estimate of drug-likeness (QED) is 0.848. The van der Waals surface area contributed by atoms with Gasteiger partial charge in [0.2, 0.25) is 5.91 Å². The predicted molar refractivity (Wildman–Crippen MR) is 79.7 cm³/mol. The summed E-state index contributed by atoms with van der Waals surface area (Å²) in [6.07, 6.45) is 3.46. The van der Waals surface area contributed by atoms with Crippen LogP contribution in [0, 0.1) is 11.3 Å². The highest BCUT2D eigenvalue weighted by Crippen LogP contribution is 2.36. The van der Waals surface area contributed by atoms with Crippen molar-refractivity contribution < 1.29 is 4.79 Å². The maximum absolute atomic E-state index is 12.2. The molecule has 1 saturated carbocycles. The summed E-state index contributed by atoms with van der Waals surface area (Å²) in [5.74, 6) is -0.0164. The van der Waals surface area contributed by atoms with Crippen LogP contribution in [0.15, 0.2) is 18.2 Å². The topological polar surface area (TPSA) is 44.1 Å². The Morgan fingerprint density at radius 1 is 1.45 bits per heavy atom. The van der Waals surface area contributed by atoms with Crippen LogP contribution in [0.4, 0.5) is 0 Å². The summed E-state index contributed by atoms with van der Waals surface area (Å²) < 4.78 is 0. The van der Waals surface area contributed by atoms with Gasteiger partial charge in [-0.05, 0) is 43.4 Å². The number of nitrogens with zero attached hydrogens (tertiary/aromatic N) is 2. The van der Waals surface area contributed by atoms with Crippen molar-refractivity contribution in [1.29, 1.82) is 5.26 Å². The molecule has 1 aliphatic rings. The van der Waals surface area contributed by atoms with Crippen LogP contribution in [0.5, 0.6) is 0 Å². The molecule has 0 bridgehead atoms. The van der Waals surface area contributed by atoms with E-state index in [2.05, 4.69) is 6.07 Å². The van der Waals surface area contributed by atoms with E-state index < -0.39 is 5.54 Å². The van der Waals surface area contributed by atoms with E-state index in [1.807, 2.05) is 6.07 Å². The average Bonchev–Trinajstić information content (AvgIpc) is 2.36. The molecular formula is C15H16Cl2N2O. The highest BCUT2D eigenvalue weighted by molar-refractivity contribution is 6.35. The van der Waals surface area contributed by atoms with E-state index in [-0.39, 0.29) is 5.91 Å². The van der Waals surface area contributed by atoms with Crippen LogP contribution in [-0.4, -0.2) is 23.4 Å². The first-order valence-corrected chi connectivity index (χ1v) is 7.36. The van der Waals surface area contributed by atoms with Crippen molar-refractivity contribution in [2.24, 2.45) is 0 Å². The molecule has 3 nitrogen and oxygen atoms in total. The van der Waals surface area contributed by atoms with Gasteiger partial charge >= 0.3 is 0 Å². The Balaban J connectivity index is 1.97. The third-order valence-electron chi connectivity index (χ3n) is 4.03. The van der Waals surface area contributed by atoms with E-state index in [1.165, 1.54) is 0 Å². The van der Waals surface area contributed by atoms with Crippen molar-refractivity contribution in [3.05, 3.63) is 33.8 Å². The molecule has 0 unspecified atom stereocenters. The minimum Gasteiger partial charge on any atom is -0.327 e. The summed E-state index contributed by atoms with van der Waals surface area (Å²) in [7, 11) is 1.72.